The Balaban J connectivity index is 2.11. The van der Waals surface area contributed by atoms with Crippen LogP contribution in [0.5, 0.6) is 5.75 Å². The van der Waals surface area contributed by atoms with Crippen molar-refractivity contribution in [3.05, 3.63) is 77.1 Å². The summed E-state index contributed by atoms with van der Waals surface area (Å²) < 4.78 is 11.5. The lowest BCUT2D eigenvalue weighted by Gasteiger charge is -2.14. The van der Waals surface area contributed by atoms with Crippen molar-refractivity contribution in [2.45, 2.75) is 19.0 Å². The second-order valence-electron chi connectivity index (χ2n) is 5.01. The van der Waals surface area contributed by atoms with E-state index in [1.807, 2.05) is 36.4 Å². The first-order valence-corrected chi connectivity index (χ1v) is 7.08. The number of furan rings is 2. The Kier molecular flexibility index (Phi) is 4.00. The van der Waals surface area contributed by atoms with Crippen molar-refractivity contribution in [1.29, 1.82) is 0 Å². The van der Waals surface area contributed by atoms with E-state index < -0.39 is 0 Å². The molecule has 3 rings (SSSR count). The Morgan fingerprint density at radius 3 is 1.82 bits per heavy atom. The first-order chi connectivity index (χ1) is 10.7. The monoisotopic (exact) mass is 298 g/mol. The lowest BCUT2D eigenvalue weighted by Crippen LogP contribution is -2.02. The van der Waals surface area contributed by atoms with Gasteiger partial charge >= 0.3 is 0 Å². The fourth-order valence-corrected chi connectivity index (χ4v) is 2.50. The summed E-state index contributed by atoms with van der Waals surface area (Å²) in [5, 5.41) is 10.2. The third-order valence-corrected chi connectivity index (χ3v) is 3.58. The molecule has 3 aromatic rings. The Hall–Kier alpha value is -2.50. The lowest BCUT2D eigenvalue weighted by molar-refractivity contribution is 0.405. The lowest BCUT2D eigenvalue weighted by atomic mass is 9.93. The van der Waals surface area contributed by atoms with Crippen molar-refractivity contribution in [3.8, 4) is 5.75 Å². The van der Waals surface area contributed by atoms with E-state index in [2.05, 4.69) is 0 Å². The van der Waals surface area contributed by atoms with E-state index in [9.17, 15) is 5.11 Å². The van der Waals surface area contributed by atoms with Crippen molar-refractivity contribution >= 4 is 0 Å². The van der Waals surface area contributed by atoms with Crippen LogP contribution in [0.25, 0.3) is 0 Å². The molecule has 2 aromatic heterocycles. The standard InChI is InChI=1S/C17H18N2O3/c18-9-11-5-7-15(21-11)17(13-3-1-2-4-14(13)20)16-8-6-12(10-19)22-16/h1-8,17,20H,9-10,18-19H2. The summed E-state index contributed by atoms with van der Waals surface area (Å²) in [6.07, 6.45) is 0. The minimum absolute atomic E-state index is 0.184. The van der Waals surface area contributed by atoms with Crippen LogP contribution in [0.1, 0.15) is 34.5 Å². The number of aromatic hydroxyl groups is 1. The Morgan fingerprint density at radius 2 is 1.36 bits per heavy atom. The van der Waals surface area contributed by atoms with Gasteiger partial charge in [-0.1, -0.05) is 18.2 Å². The van der Waals surface area contributed by atoms with E-state index >= 15 is 0 Å². The topological polar surface area (TPSA) is 98.6 Å². The molecule has 0 fully saturated rings. The van der Waals surface area contributed by atoms with Crippen LogP contribution in [0.3, 0.4) is 0 Å². The number of rotatable bonds is 5. The summed E-state index contributed by atoms with van der Waals surface area (Å²) in [7, 11) is 0. The minimum Gasteiger partial charge on any atom is -0.508 e. The molecule has 0 spiro atoms. The zero-order valence-corrected chi connectivity index (χ0v) is 12.0. The molecule has 0 saturated heterocycles. The van der Waals surface area contributed by atoms with Crippen LogP contribution in [0, 0.1) is 0 Å². The Labute approximate surface area is 128 Å². The number of nitrogens with two attached hydrogens (primary N) is 2. The van der Waals surface area contributed by atoms with Crippen LogP contribution >= 0.6 is 0 Å². The molecule has 5 N–H and O–H groups in total. The summed E-state index contributed by atoms with van der Waals surface area (Å²) >= 11 is 0. The number of hydrogen-bond acceptors (Lipinski definition) is 5. The van der Waals surface area contributed by atoms with Gasteiger partial charge in [0, 0.05) is 5.56 Å². The van der Waals surface area contributed by atoms with Crippen molar-refractivity contribution in [2.75, 3.05) is 0 Å². The molecule has 1 aromatic carbocycles. The maximum Gasteiger partial charge on any atom is 0.119 e. The zero-order valence-electron chi connectivity index (χ0n) is 12.0. The highest BCUT2D eigenvalue weighted by Crippen LogP contribution is 2.38. The first kappa shape index (κ1) is 14.4. The average molecular weight is 298 g/mol. The summed E-state index contributed by atoms with van der Waals surface area (Å²) in [4.78, 5) is 0. The number of phenols is 1. The van der Waals surface area contributed by atoms with Crippen LogP contribution in [0.15, 0.2) is 57.4 Å². The van der Waals surface area contributed by atoms with Gasteiger partial charge in [-0.25, -0.2) is 0 Å². The molecule has 114 valence electrons. The predicted octanol–water partition coefficient (Wildman–Crippen LogP) is 2.68. The van der Waals surface area contributed by atoms with Crippen LogP contribution in [-0.4, -0.2) is 5.11 Å². The molecule has 0 amide bonds. The van der Waals surface area contributed by atoms with Gasteiger partial charge in [0.15, 0.2) is 0 Å². The van der Waals surface area contributed by atoms with Crippen molar-refractivity contribution < 1.29 is 13.9 Å². The molecule has 22 heavy (non-hydrogen) atoms. The van der Waals surface area contributed by atoms with Crippen LogP contribution in [0.4, 0.5) is 0 Å². The van der Waals surface area contributed by atoms with Gasteiger partial charge in [-0.2, -0.15) is 0 Å². The highest BCUT2D eigenvalue weighted by molar-refractivity contribution is 5.44. The van der Waals surface area contributed by atoms with Crippen molar-refractivity contribution in [3.63, 3.8) is 0 Å². The molecule has 0 aliphatic carbocycles. The molecule has 0 unspecified atom stereocenters. The smallest absolute Gasteiger partial charge is 0.119 e. The maximum atomic E-state index is 10.2. The van der Waals surface area contributed by atoms with E-state index in [0.717, 1.165) is 0 Å². The van der Waals surface area contributed by atoms with Crippen LogP contribution in [-0.2, 0) is 13.1 Å². The van der Waals surface area contributed by atoms with Crippen molar-refractivity contribution in [2.24, 2.45) is 11.5 Å². The average Bonchev–Trinajstić information content (AvgIpc) is 3.19. The quantitative estimate of drug-likeness (QED) is 0.672. The second-order valence-corrected chi connectivity index (χ2v) is 5.01. The molecule has 0 radical (unpaired) electrons. The fourth-order valence-electron chi connectivity index (χ4n) is 2.50. The highest BCUT2D eigenvalue weighted by atomic mass is 16.4. The third kappa shape index (κ3) is 2.64. The van der Waals surface area contributed by atoms with Gasteiger partial charge in [0.1, 0.15) is 34.7 Å². The third-order valence-electron chi connectivity index (χ3n) is 3.58. The molecule has 0 atom stereocenters. The normalized spacial score (nSPS) is 11.2. The van der Waals surface area contributed by atoms with E-state index in [4.69, 9.17) is 20.3 Å². The largest absolute Gasteiger partial charge is 0.508 e. The number of benzene rings is 1. The van der Waals surface area contributed by atoms with Crippen molar-refractivity contribution in [1.82, 2.24) is 0 Å². The summed E-state index contributed by atoms with van der Waals surface area (Å²) in [5.41, 5.74) is 11.9. The van der Waals surface area contributed by atoms with E-state index in [0.29, 0.717) is 41.7 Å². The number of phenolic OH excluding ortho intramolecular Hbond substituents is 1. The predicted molar refractivity (Wildman–Crippen MR) is 82.3 cm³/mol. The molecule has 0 bridgehead atoms. The van der Waals surface area contributed by atoms with Gasteiger partial charge in [0.05, 0.1) is 13.1 Å². The van der Waals surface area contributed by atoms with Crippen LogP contribution in [0.2, 0.25) is 0 Å². The fraction of sp³-hybridized carbons (Fsp3) is 0.176. The Bertz CT molecular complexity index is 718. The molecule has 5 nitrogen and oxygen atoms in total. The van der Waals surface area contributed by atoms with Gasteiger partial charge in [-0.05, 0) is 30.3 Å². The number of para-hydroxylation sites is 1. The maximum absolute atomic E-state index is 10.2. The van der Waals surface area contributed by atoms with Crippen LogP contribution < -0.4 is 11.5 Å². The zero-order chi connectivity index (χ0) is 15.5. The van der Waals surface area contributed by atoms with E-state index in [1.165, 1.54) is 0 Å². The molecule has 0 aliphatic heterocycles. The summed E-state index contributed by atoms with van der Waals surface area (Å²) in [6.45, 7) is 0.638. The van der Waals surface area contributed by atoms with Gasteiger partial charge in [0.25, 0.3) is 0 Å². The Morgan fingerprint density at radius 1 is 0.818 bits per heavy atom. The van der Waals surface area contributed by atoms with Gasteiger partial charge in [-0.15, -0.1) is 0 Å². The molecule has 0 aliphatic rings. The van der Waals surface area contributed by atoms with Gasteiger partial charge in [0.2, 0.25) is 0 Å². The molecular weight excluding hydrogens is 280 g/mol. The minimum atomic E-state index is -0.346. The SMILES string of the molecule is NCc1ccc(C(c2ccc(CN)o2)c2ccccc2O)o1. The summed E-state index contributed by atoms with van der Waals surface area (Å²) in [5.74, 6) is 2.53. The molecule has 2 heterocycles. The number of hydrogen-bond donors (Lipinski definition) is 3. The van der Waals surface area contributed by atoms with E-state index in [1.54, 1.807) is 12.1 Å². The molecule has 5 heteroatoms. The summed E-state index contributed by atoms with van der Waals surface area (Å²) in [6, 6.07) is 14.5. The first-order valence-electron chi connectivity index (χ1n) is 7.08. The molecule has 0 saturated carbocycles. The van der Waals surface area contributed by atoms with Gasteiger partial charge < -0.3 is 25.4 Å². The van der Waals surface area contributed by atoms with Gasteiger partial charge in [-0.3, -0.25) is 0 Å². The highest BCUT2D eigenvalue weighted by Gasteiger charge is 2.26. The molecular formula is C17H18N2O3. The second kappa shape index (κ2) is 6.09. The van der Waals surface area contributed by atoms with E-state index in [-0.39, 0.29) is 11.7 Å².